The third-order valence-corrected chi connectivity index (χ3v) is 6.88. The molecule has 0 aromatic carbocycles. The van der Waals surface area contributed by atoms with Gasteiger partial charge < -0.3 is 24.1 Å². The van der Waals surface area contributed by atoms with Gasteiger partial charge >= 0.3 is 0 Å². The smallest absolute Gasteiger partial charge is 0.229 e. The summed E-state index contributed by atoms with van der Waals surface area (Å²) < 4.78 is 16.9. The summed E-state index contributed by atoms with van der Waals surface area (Å²) in [6, 6.07) is 0. The monoisotopic (exact) mass is 389 g/mol. The molecule has 1 aromatic rings. The van der Waals surface area contributed by atoms with Gasteiger partial charge in [-0.25, -0.2) is 4.98 Å². The zero-order valence-electron chi connectivity index (χ0n) is 16.0. The highest BCUT2D eigenvalue weighted by Gasteiger charge is 2.53. The molecule has 8 nitrogen and oxygen atoms in total. The number of hydrogen-bond acceptors (Lipinski definition) is 6. The summed E-state index contributed by atoms with van der Waals surface area (Å²) in [6.45, 7) is 1.35. The standard InChI is InChI=1S/C20H27N3O5/c24-18(21-8-13-10-26-12-22-13)7-15-9-23(20(11-27-15)4-1-5-20)19(25)16-6-14-2-3-17(16)28-14/h10,12,14-17H,1-9,11H2,(H,21,24)/t14-,15?,16+,17+/m0/s1. The molecule has 0 radical (unpaired) electrons. The molecule has 28 heavy (non-hydrogen) atoms. The minimum Gasteiger partial charge on any atom is -0.451 e. The normalized spacial score (nSPS) is 33.1. The minimum absolute atomic E-state index is 0.0176. The first-order valence-corrected chi connectivity index (χ1v) is 10.4. The Kier molecular flexibility index (Phi) is 4.63. The summed E-state index contributed by atoms with van der Waals surface area (Å²) in [5.41, 5.74) is 0.520. The lowest BCUT2D eigenvalue weighted by Gasteiger charge is -2.55. The van der Waals surface area contributed by atoms with E-state index in [1.54, 1.807) is 0 Å². The second-order valence-corrected chi connectivity index (χ2v) is 8.64. The predicted octanol–water partition coefficient (Wildman–Crippen LogP) is 1.40. The first-order valence-electron chi connectivity index (χ1n) is 10.4. The van der Waals surface area contributed by atoms with E-state index in [2.05, 4.69) is 10.3 Å². The summed E-state index contributed by atoms with van der Waals surface area (Å²) in [4.78, 5) is 31.7. The van der Waals surface area contributed by atoms with E-state index in [1.807, 2.05) is 4.90 Å². The highest BCUT2D eigenvalue weighted by atomic mass is 16.5. The number of nitrogens with one attached hydrogen (secondary N) is 1. The van der Waals surface area contributed by atoms with E-state index in [0.717, 1.165) is 38.5 Å². The summed E-state index contributed by atoms with van der Waals surface area (Å²) in [5.74, 6) is 0.0902. The van der Waals surface area contributed by atoms with Crippen LogP contribution in [-0.2, 0) is 25.6 Å². The van der Waals surface area contributed by atoms with Gasteiger partial charge in [0.2, 0.25) is 11.8 Å². The van der Waals surface area contributed by atoms with E-state index in [1.165, 1.54) is 12.7 Å². The Morgan fingerprint density at radius 3 is 2.86 bits per heavy atom. The number of carbonyl (C=O) groups excluding carboxylic acids is 2. The summed E-state index contributed by atoms with van der Waals surface area (Å²) in [5, 5.41) is 2.84. The maximum absolute atomic E-state index is 13.4. The molecule has 152 valence electrons. The molecular weight excluding hydrogens is 362 g/mol. The zero-order valence-corrected chi connectivity index (χ0v) is 16.0. The van der Waals surface area contributed by atoms with Gasteiger partial charge in [0.05, 0.1) is 55.0 Å². The van der Waals surface area contributed by atoms with Crippen molar-refractivity contribution in [3.63, 3.8) is 0 Å². The molecule has 2 amide bonds. The number of amides is 2. The van der Waals surface area contributed by atoms with E-state index < -0.39 is 0 Å². The van der Waals surface area contributed by atoms with Crippen LogP contribution in [0.2, 0.25) is 0 Å². The molecule has 5 rings (SSSR count). The quantitative estimate of drug-likeness (QED) is 0.818. The van der Waals surface area contributed by atoms with Gasteiger partial charge in [-0.05, 0) is 38.5 Å². The van der Waals surface area contributed by atoms with Crippen LogP contribution in [0.4, 0.5) is 0 Å². The highest BCUT2D eigenvalue weighted by molar-refractivity contribution is 5.81. The van der Waals surface area contributed by atoms with Crippen LogP contribution in [0.15, 0.2) is 17.1 Å². The van der Waals surface area contributed by atoms with Gasteiger partial charge in [0, 0.05) is 6.54 Å². The van der Waals surface area contributed by atoms with Crippen molar-refractivity contribution in [2.45, 2.75) is 75.3 Å². The fourth-order valence-electron chi connectivity index (χ4n) is 5.14. The number of hydrogen-bond donors (Lipinski definition) is 1. The van der Waals surface area contributed by atoms with Crippen LogP contribution in [0, 0.1) is 5.92 Å². The second kappa shape index (κ2) is 7.15. The van der Waals surface area contributed by atoms with Crippen LogP contribution < -0.4 is 5.32 Å². The van der Waals surface area contributed by atoms with E-state index >= 15 is 0 Å². The van der Waals surface area contributed by atoms with Gasteiger partial charge in [-0.3, -0.25) is 9.59 Å². The molecule has 1 aromatic heterocycles. The molecule has 1 aliphatic carbocycles. The Morgan fingerprint density at radius 1 is 1.32 bits per heavy atom. The Bertz CT molecular complexity index is 732. The van der Waals surface area contributed by atoms with Crippen molar-refractivity contribution in [2.75, 3.05) is 13.2 Å². The number of morpholine rings is 1. The van der Waals surface area contributed by atoms with Crippen molar-refractivity contribution in [3.8, 4) is 0 Å². The lowest BCUT2D eigenvalue weighted by Crippen LogP contribution is -2.66. The van der Waals surface area contributed by atoms with Gasteiger partial charge in [-0.2, -0.15) is 0 Å². The van der Waals surface area contributed by atoms with Gasteiger partial charge in [-0.15, -0.1) is 0 Å². The van der Waals surface area contributed by atoms with Gasteiger partial charge in [0.25, 0.3) is 0 Å². The number of nitrogens with zero attached hydrogens (tertiary/aromatic N) is 2. The van der Waals surface area contributed by atoms with Crippen molar-refractivity contribution >= 4 is 11.8 Å². The average Bonchev–Trinajstić information content (AvgIpc) is 3.42. The van der Waals surface area contributed by atoms with Crippen molar-refractivity contribution in [2.24, 2.45) is 5.92 Å². The first-order chi connectivity index (χ1) is 13.6. The molecule has 1 saturated carbocycles. The molecular formula is C20H27N3O5. The number of rotatable bonds is 5. The molecule has 4 fully saturated rings. The van der Waals surface area contributed by atoms with Crippen LogP contribution in [0.25, 0.3) is 0 Å². The number of oxazole rings is 1. The van der Waals surface area contributed by atoms with Crippen LogP contribution in [-0.4, -0.2) is 58.7 Å². The Hall–Kier alpha value is -1.93. The van der Waals surface area contributed by atoms with E-state index in [-0.39, 0.29) is 48.0 Å². The number of ether oxygens (including phenoxy) is 2. The van der Waals surface area contributed by atoms with Crippen LogP contribution in [0.5, 0.6) is 0 Å². The van der Waals surface area contributed by atoms with E-state index in [4.69, 9.17) is 13.9 Å². The zero-order chi connectivity index (χ0) is 19.1. The predicted molar refractivity (Wildman–Crippen MR) is 97.0 cm³/mol. The van der Waals surface area contributed by atoms with Gasteiger partial charge in [0.15, 0.2) is 6.39 Å². The van der Waals surface area contributed by atoms with Crippen molar-refractivity contribution in [3.05, 3.63) is 18.4 Å². The number of aromatic nitrogens is 1. The number of carbonyl (C=O) groups is 2. The van der Waals surface area contributed by atoms with Crippen molar-refractivity contribution in [1.29, 1.82) is 0 Å². The largest absolute Gasteiger partial charge is 0.451 e. The fraction of sp³-hybridized carbons (Fsp3) is 0.750. The lowest BCUT2D eigenvalue weighted by atomic mass is 9.73. The molecule has 1 spiro atoms. The van der Waals surface area contributed by atoms with Crippen LogP contribution >= 0.6 is 0 Å². The van der Waals surface area contributed by atoms with E-state index in [9.17, 15) is 9.59 Å². The van der Waals surface area contributed by atoms with E-state index in [0.29, 0.717) is 25.4 Å². The molecule has 3 aliphatic heterocycles. The van der Waals surface area contributed by atoms with Gasteiger partial charge in [-0.1, -0.05) is 0 Å². The third-order valence-electron chi connectivity index (χ3n) is 6.88. The maximum atomic E-state index is 13.4. The maximum Gasteiger partial charge on any atom is 0.229 e. The summed E-state index contributed by atoms with van der Waals surface area (Å²) in [6.07, 6.45) is 9.19. The molecule has 8 heteroatoms. The SMILES string of the molecule is O=C(CC1CN(C(=O)[C@@H]2C[C@@H]3CC[C@H]2O3)C2(CCC2)CO1)NCc1cocn1. The highest BCUT2D eigenvalue weighted by Crippen LogP contribution is 2.45. The molecule has 1 unspecified atom stereocenters. The molecule has 4 aliphatic rings. The molecule has 2 bridgehead atoms. The molecule has 4 heterocycles. The summed E-state index contributed by atoms with van der Waals surface area (Å²) >= 11 is 0. The fourth-order valence-corrected chi connectivity index (χ4v) is 5.14. The van der Waals surface area contributed by atoms with Crippen molar-refractivity contribution in [1.82, 2.24) is 15.2 Å². The third kappa shape index (κ3) is 3.22. The summed E-state index contributed by atoms with van der Waals surface area (Å²) in [7, 11) is 0. The second-order valence-electron chi connectivity index (χ2n) is 8.64. The van der Waals surface area contributed by atoms with Crippen LogP contribution in [0.1, 0.15) is 50.6 Å². The molecule has 4 atom stereocenters. The first kappa shape index (κ1) is 18.1. The minimum atomic E-state index is -0.271. The van der Waals surface area contributed by atoms with Crippen LogP contribution in [0.3, 0.4) is 0 Å². The van der Waals surface area contributed by atoms with Gasteiger partial charge in [0.1, 0.15) is 6.26 Å². The molecule has 3 saturated heterocycles. The number of fused-ring (bicyclic) bond motifs is 2. The lowest BCUT2D eigenvalue weighted by molar-refractivity contribution is -0.177. The topological polar surface area (TPSA) is 93.9 Å². The van der Waals surface area contributed by atoms with Crippen molar-refractivity contribution < 1.29 is 23.5 Å². The molecule has 1 N–H and O–H groups in total. The average molecular weight is 389 g/mol. The Labute approximate surface area is 163 Å². The Morgan fingerprint density at radius 2 is 2.21 bits per heavy atom. The Balaban J connectivity index is 1.21.